The summed E-state index contributed by atoms with van der Waals surface area (Å²) in [4.78, 5) is 10.1. The van der Waals surface area contributed by atoms with Crippen molar-refractivity contribution in [2.24, 2.45) is 11.7 Å². The van der Waals surface area contributed by atoms with E-state index in [0.717, 1.165) is 5.12 Å². The topological polar surface area (TPSA) is 111 Å². The van der Waals surface area contributed by atoms with Gasteiger partial charge in [0, 0.05) is 0 Å². The number of hydrogen-bond acceptors (Lipinski definition) is 6. The second kappa shape index (κ2) is 8.85. The van der Waals surface area contributed by atoms with Crippen LogP contribution in [0.1, 0.15) is 6.42 Å². The number of ether oxygens (including phenoxy) is 2. The molecule has 14 heavy (non-hydrogen) atoms. The Morgan fingerprint density at radius 2 is 1.71 bits per heavy atom. The van der Waals surface area contributed by atoms with Crippen molar-refractivity contribution in [2.45, 2.75) is 6.42 Å². The Hall–Kier alpha value is -0.730. The lowest BCUT2D eigenvalue weighted by atomic mass is 10.5. The maximum absolute atomic E-state index is 10.1. The van der Waals surface area contributed by atoms with Crippen LogP contribution in [0.15, 0.2) is 0 Å². The lowest BCUT2D eigenvalue weighted by Crippen LogP contribution is -2.40. The molecule has 0 radical (unpaired) electrons. The third-order valence-electron chi connectivity index (χ3n) is 1.33. The average molecular weight is 207 g/mol. The van der Waals surface area contributed by atoms with Crippen molar-refractivity contribution in [3.8, 4) is 0 Å². The van der Waals surface area contributed by atoms with Crippen LogP contribution in [-0.4, -0.2) is 49.2 Å². The number of hydrazine groups is 2. The molecule has 7 heteroatoms. The zero-order valence-corrected chi connectivity index (χ0v) is 8.02. The van der Waals surface area contributed by atoms with Gasteiger partial charge in [-0.2, -0.15) is 5.12 Å². The third-order valence-corrected chi connectivity index (χ3v) is 1.33. The number of aliphatic carboxylic acids is 1. The summed E-state index contributed by atoms with van der Waals surface area (Å²) >= 11 is 0. The maximum Gasteiger partial charge on any atom is 0.305 e. The van der Waals surface area contributed by atoms with Crippen molar-refractivity contribution in [1.29, 1.82) is 0 Å². The number of carboxylic acids is 1. The Morgan fingerprint density at radius 1 is 1.14 bits per heavy atom. The third kappa shape index (κ3) is 11.3. The fourth-order valence-electron chi connectivity index (χ4n) is 0.651. The van der Waals surface area contributed by atoms with Crippen LogP contribution in [0.4, 0.5) is 0 Å². The van der Waals surface area contributed by atoms with E-state index in [-0.39, 0.29) is 13.0 Å². The molecule has 0 bridgehead atoms. The zero-order chi connectivity index (χ0) is 10.8. The van der Waals surface area contributed by atoms with Crippen LogP contribution in [0.3, 0.4) is 0 Å². The summed E-state index contributed by atoms with van der Waals surface area (Å²) < 4.78 is 10.0. The molecule has 0 rings (SSSR count). The first-order valence-electron chi connectivity index (χ1n) is 4.27. The summed E-state index contributed by atoms with van der Waals surface area (Å²) in [5, 5.41) is 9.30. The van der Waals surface area contributed by atoms with E-state index in [1.807, 2.05) is 0 Å². The molecule has 0 heterocycles. The molecule has 7 nitrogen and oxygen atoms in total. The van der Waals surface area contributed by atoms with Crippen molar-refractivity contribution in [3.63, 3.8) is 0 Å². The van der Waals surface area contributed by atoms with E-state index in [2.05, 4.69) is 0 Å². The van der Waals surface area contributed by atoms with Crippen LogP contribution in [0.25, 0.3) is 0 Å². The van der Waals surface area contributed by atoms with Gasteiger partial charge in [-0.3, -0.25) is 16.5 Å². The van der Waals surface area contributed by atoms with Gasteiger partial charge >= 0.3 is 5.97 Å². The van der Waals surface area contributed by atoms with Crippen molar-refractivity contribution in [1.82, 2.24) is 5.12 Å². The molecular formula is C7H17N3O4. The van der Waals surface area contributed by atoms with Gasteiger partial charge in [0.2, 0.25) is 0 Å². The zero-order valence-electron chi connectivity index (χ0n) is 8.02. The first kappa shape index (κ1) is 13.3. The van der Waals surface area contributed by atoms with Gasteiger partial charge in [0.15, 0.2) is 0 Å². The first-order chi connectivity index (χ1) is 6.63. The second-order valence-electron chi connectivity index (χ2n) is 2.61. The summed E-state index contributed by atoms with van der Waals surface area (Å²) in [5.41, 5.74) is 0. The monoisotopic (exact) mass is 207 g/mol. The highest BCUT2D eigenvalue weighted by molar-refractivity contribution is 5.66. The smallest absolute Gasteiger partial charge is 0.305 e. The number of nitrogens with zero attached hydrogens (tertiary/aromatic N) is 1. The molecule has 0 saturated carbocycles. The van der Waals surface area contributed by atoms with Crippen molar-refractivity contribution in [2.75, 3.05) is 33.0 Å². The number of nitrogens with two attached hydrogens (primary N) is 2. The van der Waals surface area contributed by atoms with Crippen LogP contribution in [0, 0.1) is 0 Å². The second-order valence-corrected chi connectivity index (χ2v) is 2.61. The molecule has 0 fully saturated rings. The van der Waals surface area contributed by atoms with Gasteiger partial charge in [-0.15, -0.1) is 0 Å². The standard InChI is InChI=1S/C7H17N3O4/c8-10(9)2-4-14-6-5-13-3-1-7(11)12/h1-6,8-9H2,(H,11,12). The van der Waals surface area contributed by atoms with Crippen molar-refractivity contribution >= 4 is 5.97 Å². The van der Waals surface area contributed by atoms with E-state index >= 15 is 0 Å². The molecule has 84 valence electrons. The van der Waals surface area contributed by atoms with Gasteiger partial charge < -0.3 is 14.6 Å². The Kier molecular flexibility index (Phi) is 8.39. The first-order valence-corrected chi connectivity index (χ1v) is 4.27. The summed E-state index contributed by atoms with van der Waals surface area (Å²) in [6.45, 7) is 1.86. The van der Waals surface area contributed by atoms with E-state index in [1.54, 1.807) is 0 Å². The summed E-state index contributed by atoms with van der Waals surface area (Å²) in [6.07, 6.45) is 0.0133. The van der Waals surface area contributed by atoms with E-state index < -0.39 is 5.97 Å². The van der Waals surface area contributed by atoms with Gasteiger partial charge in [0.05, 0.1) is 39.4 Å². The Morgan fingerprint density at radius 3 is 2.21 bits per heavy atom. The highest BCUT2D eigenvalue weighted by Crippen LogP contribution is 1.83. The van der Waals surface area contributed by atoms with Crippen molar-refractivity contribution in [3.05, 3.63) is 0 Å². The van der Waals surface area contributed by atoms with Crippen LogP contribution in [0.2, 0.25) is 0 Å². The van der Waals surface area contributed by atoms with Crippen molar-refractivity contribution < 1.29 is 19.4 Å². The predicted octanol–water partition coefficient (Wildman–Crippen LogP) is -1.46. The Balaban J connectivity index is 2.96. The number of carboxylic acid groups (broad SMARTS) is 1. The molecule has 0 aromatic carbocycles. The lowest BCUT2D eigenvalue weighted by molar-refractivity contribution is -0.138. The van der Waals surface area contributed by atoms with Gasteiger partial charge in [-0.05, 0) is 0 Å². The molecule has 0 aliphatic heterocycles. The summed E-state index contributed by atoms with van der Waals surface area (Å²) in [7, 11) is 0. The molecule has 0 aliphatic rings. The molecule has 0 unspecified atom stereocenters. The Bertz CT molecular complexity index is 154. The largest absolute Gasteiger partial charge is 0.481 e. The van der Waals surface area contributed by atoms with Gasteiger partial charge in [0.25, 0.3) is 0 Å². The number of carbonyl (C=O) groups is 1. The minimum absolute atomic E-state index is 0.0133. The highest BCUT2D eigenvalue weighted by Gasteiger charge is 1.96. The number of hydrogen-bond donors (Lipinski definition) is 3. The molecule has 5 N–H and O–H groups in total. The minimum Gasteiger partial charge on any atom is -0.481 e. The van der Waals surface area contributed by atoms with E-state index in [1.165, 1.54) is 0 Å². The molecular weight excluding hydrogens is 190 g/mol. The fraction of sp³-hybridized carbons (Fsp3) is 0.857. The molecule has 0 amide bonds. The van der Waals surface area contributed by atoms with E-state index in [4.69, 9.17) is 26.3 Å². The fourth-order valence-corrected chi connectivity index (χ4v) is 0.651. The Labute approximate surface area is 82.5 Å². The van der Waals surface area contributed by atoms with Crippen LogP contribution in [-0.2, 0) is 14.3 Å². The molecule has 0 aliphatic carbocycles. The van der Waals surface area contributed by atoms with Gasteiger partial charge in [0.1, 0.15) is 0 Å². The SMILES string of the molecule is NN(N)CCOCCOCCC(=O)O. The van der Waals surface area contributed by atoms with E-state index in [9.17, 15) is 4.79 Å². The molecule has 0 saturated heterocycles. The lowest BCUT2D eigenvalue weighted by Gasteiger charge is -2.09. The van der Waals surface area contributed by atoms with Crippen LogP contribution >= 0.6 is 0 Å². The average Bonchev–Trinajstić information content (AvgIpc) is 2.08. The van der Waals surface area contributed by atoms with Crippen LogP contribution in [0.5, 0.6) is 0 Å². The molecule has 0 aromatic heterocycles. The minimum atomic E-state index is -0.868. The normalized spacial score (nSPS) is 10.8. The quantitative estimate of drug-likeness (QED) is 0.241. The summed E-state index contributed by atoms with van der Waals surface area (Å²) in [5.74, 6) is 9.38. The summed E-state index contributed by atoms with van der Waals surface area (Å²) in [6, 6.07) is 0. The predicted molar refractivity (Wildman–Crippen MR) is 49.0 cm³/mol. The van der Waals surface area contributed by atoms with E-state index in [0.29, 0.717) is 26.4 Å². The highest BCUT2D eigenvalue weighted by atomic mass is 16.5. The molecule has 0 aromatic rings. The molecule has 0 spiro atoms. The molecule has 0 atom stereocenters. The van der Waals surface area contributed by atoms with Gasteiger partial charge in [-0.1, -0.05) is 0 Å². The maximum atomic E-state index is 10.1. The van der Waals surface area contributed by atoms with Crippen LogP contribution < -0.4 is 11.7 Å². The number of rotatable bonds is 9. The van der Waals surface area contributed by atoms with Gasteiger partial charge in [-0.25, -0.2) is 0 Å².